The van der Waals surface area contributed by atoms with Crippen molar-refractivity contribution in [1.29, 1.82) is 1.12 Å². The molecule has 2 aromatic rings. The Morgan fingerprint density at radius 1 is 1.23 bits per heavy atom. The van der Waals surface area contributed by atoms with Crippen molar-refractivity contribution in [3.05, 3.63) is 51.0 Å². The topological polar surface area (TPSA) is 55.6 Å². The molecule has 2 rings (SSSR count). The third-order valence-electron chi connectivity index (χ3n) is 3.00. The second kappa shape index (κ2) is 25.0. The van der Waals surface area contributed by atoms with Crippen LogP contribution in [0.4, 0.5) is 0 Å². The van der Waals surface area contributed by atoms with Gasteiger partial charge < -0.3 is 46.0 Å². The number of nitrogens with zero attached hydrogens (tertiary/aromatic N) is 1. The van der Waals surface area contributed by atoms with Gasteiger partial charge in [-0.1, -0.05) is 6.92 Å². The molecule has 2 heterocycles. The Morgan fingerprint density at radius 3 is 2.07 bits per heavy atom. The van der Waals surface area contributed by atoms with E-state index in [1.54, 1.807) is 27.2 Å². The van der Waals surface area contributed by atoms with Crippen LogP contribution in [0.3, 0.4) is 0 Å². The summed E-state index contributed by atoms with van der Waals surface area (Å²) in [5, 5.41) is 7.85. The molecule has 1 atom stereocenters. The molecule has 0 bridgehead atoms. The van der Waals surface area contributed by atoms with E-state index in [4.69, 9.17) is 5.86 Å². The van der Waals surface area contributed by atoms with Crippen LogP contribution in [0.2, 0.25) is 0 Å². The number of thiophene rings is 2. The predicted octanol–water partition coefficient (Wildman–Crippen LogP) is -1.45. The number of methoxy groups -OCH3 is 2. The van der Waals surface area contributed by atoms with E-state index in [1.807, 2.05) is 54.7 Å². The third kappa shape index (κ3) is 19.6. The van der Waals surface area contributed by atoms with E-state index < -0.39 is 0 Å². The van der Waals surface area contributed by atoms with Crippen molar-refractivity contribution in [1.82, 2.24) is 0 Å². The first-order chi connectivity index (χ1) is 13.8. The summed E-state index contributed by atoms with van der Waals surface area (Å²) in [5.74, 6) is -0.407. The van der Waals surface area contributed by atoms with Gasteiger partial charge in [0.25, 0.3) is 0 Å². The quantitative estimate of drug-likeness (QED) is 0.0896. The van der Waals surface area contributed by atoms with Crippen LogP contribution in [0.1, 0.15) is 30.4 Å². The molecule has 0 aromatic carbocycles. The van der Waals surface area contributed by atoms with Crippen LogP contribution in [0.15, 0.2) is 33.7 Å². The monoisotopic (exact) mass is 580 g/mol. The van der Waals surface area contributed by atoms with Crippen molar-refractivity contribution in [3.63, 3.8) is 0 Å². The molecule has 30 heavy (non-hydrogen) atoms. The van der Waals surface area contributed by atoms with Crippen LogP contribution in [-0.4, -0.2) is 52.7 Å². The van der Waals surface area contributed by atoms with Crippen LogP contribution >= 0.6 is 35.2 Å². The first kappa shape index (κ1) is 34.3. The van der Waals surface area contributed by atoms with Crippen LogP contribution in [-0.2, 0) is 25.5 Å². The molecule has 0 saturated carbocycles. The number of halogens is 1. The summed E-state index contributed by atoms with van der Waals surface area (Å²) >= 11 is 3.94. The molecule has 0 N–H and O–H groups in total. The Hall–Kier alpha value is -0.313. The Labute approximate surface area is 225 Å². The molecular weight excluding hydrogens is 548 g/mol. The molecule has 10 heteroatoms. The molecule has 2 aromatic heterocycles. The molecular formula is C20H31ILiNO4S3. The number of hydrogen-bond acceptors (Lipinski definition) is 7. The van der Waals surface area contributed by atoms with Crippen molar-refractivity contribution < 1.29 is 66.5 Å². The van der Waals surface area contributed by atoms with E-state index in [2.05, 4.69) is 17.7 Å². The average Bonchev–Trinajstić information content (AvgIpc) is 3.37. The van der Waals surface area contributed by atoms with Crippen LogP contribution in [0.25, 0.3) is 0 Å². The summed E-state index contributed by atoms with van der Waals surface area (Å²) in [5.41, 5.74) is 2.09. The minimum atomic E-state index is -0.182. The molecule has 0 saturated heterocycles. The van der Waals surface area contributed by atoms with Crippen molar-refractivity contribution in [3.8, 4) is 0 Å². The summed E-state index contributed by atoms with van der Waals surface area (Å²) < 4.78 is 16.9. The molecule has 5 nitrogen and oxygen atoms in total. The van der Waals surface area contributed by atoms with Gasteiger partial charge in [-0.25, -0.2) is 4.58 Å². The van der Waals surface area contributed by atoms with Gasteiger partial charge in [0.15, 0.2) is 0 Å². The SMILES string of the molecule is C=[N+](C)C.CCC(C(=O)OC)c1ccsc1.COC(=O)Cc1ccsc1.[2H]S[CH2-].[I-].[Li+]. The minimum absolute atomic E-state index is 0. The molecule has 0 amide bonds. The summed E-state index contributed by atoms with van der Waals surface area (Å²) in [6.45, 7) is 5.46. The maximum Gasteiger partial charge on any atom is 1.00 e. The van der Waals surface area contributed by atoms with Crippen molar-refractivity contribution >= 4 is 53.9 Å². The van der Waals surface area contributed by atoms with Gasteiger partial charge in [-0.3, -0.25) is 15.8 Å². The fraction of sp³-hybridized carbons (Fsp3) is 0.400. The van der Waals surface area contributed by atoms with Gasteiger partial charge in [-0.2, -0.15) is 22.7 Å². The van der Waals surface area contributed by atoms with Gasteiger partial charge in [0.1, 0.15) is 20.8 Å². The van der Waals surface area contributed by atoms with E-state index in [9.17, 15) is 9.59 Å². The standard InChI is InChI=1S/C9H12O2S.C7H8O2S.C3H8N.CH3S.HI.Li/c1-3-8(9(10)11-2)7-4-5-12-6-7;1-9-7(8)4-6-2-3-10-5-6;1-4(2)3;1-2;;/h4-6,8H,3H2,1-2H3;2-3,5H,4H2,1H3;1H2,2-3H3;2H,1H2;1H;/q;;+1;-1;;+1/p-1/i;;;2D;;. The predicted molar refractivity (Wildman–Crippen MR) is 123 cm³/mol. The Bertz CT molecular complexity index is 670. The number of rotatable bonds is 5. The number of hydrogen-bond donors (Lipinski definition) is 1. The van der Waals surface area contributed by atoms with Gasteiger partial charge >= 0.3 is 30.8 Å². The van der Waals surface area contributed by atoms with E-state index in [0.29, 0.717) is 6.42 Å². The Balaban J connectivity index is -0.000000174. The van der Waals surface area contributed by atoms with Gasteiger partial charge in [0.2, 0.25) is 0 Å². The summed E-state index contributed by atoms with van der Waals surface area (Å²) in [6, 6.07) is 3.89. The number of carbonyl (C=O) groups is 2. The van der Waals surface area contributed by atoms with Crippen molar-refractivity contribution in [2.45, 2.75) is 25.7 Å². The summed E-state index contributed by atoms with van der Waals surface area (Å²) in [4.78, 5) is 21.9. The fourth-order valence-electron chi connectivity index (χ4n) is 1.79. The van der Waals surface area contributed by atoms with E-state index in [1.165, 1.54) is 14.2 Å². The summed E-state index contributed by atoms with van der Waals surface area (Å²) in [7, 11) is 6.60. The fourth-order valence-corrected chi connectivity index (χ4v) is 3.17. The largest absolute Gasteiger partial charge is 1.00 e. The molecule has 0 aliphatic heterocycles. The van der Waals surface area contributed by atoms with Crippen LogP contribution in [0.5, 0.6) is 0 Å². The van der Waals surface area contributed by atoms with Gasteiger partial charge in [-0.05, 0) is 51.2 Å². The second-order valence-electron chi connectivity index (χ2n) is 5.50. The maximum absolute atomic E-state index is 11.2. The Morgan fingerprint density at radius 2 is 1.73 bits per heavy atom. The van der Waals surface area contributed by atoms with Gasteiger partial charge in [0, 0.05) is 0 Å². The van der Waals surface area contributed by atoms with E-state index >= 15 is 0 Å². The molecule has 0 aliphatic rings. The molecule has 0 spiro atoms. The first-order valence-electron chi connectivity index (χ1n) is 8.70. The van der Waals surface area contributed by atoms with Crippen molar-refractivity contribution in [2.24, 2.45) is 0 Å². The number of esters is 2. The van der Waals surface area contributed by atoms with E-state index in [-0.39, 0.29) is 60.7 Å². The zero-order valence-corrected chi connectivity index (χ0v) is 23.2. The second-order valence-corrected chi connectivity index (χ2v) is 7.06. The molecule has 1 unspecified atom stereocenters. The smallest absolute Gasteiger partial charge is 1.00 e. The van der Waals surface area contributed by atoms with Crippen molar-refractivity contribution in [2.75, 3.05) is 28.3 Å². The zero-order chi connectivity index (χ0) is 22.7. The minimum Gasteiger partial charge on any atom is -1.00 e. The van der Waals surface area contributed by atoms with Gasteiger partial charge in [-0.15, -0.1) is 0 Å². The number of thiol groups is 1. The maximum atomic E-state index is 11.2. The molecule has 0 fully saturated rings. The number of ether oxygens (including phenoxy) is 2. The van der Waals surface area contributed by atoms with Gasteiger partial charge in [0.05, 0.1) is 27.7 Å². The first-order valence-corrected chi connectivity index (χ1v) is 10.8. The molecule has 166 valence electrons. The van der Waals surface area contributed by atoms with Crippen LogP contribution < -0.4 is 42.8 Å². The molecule has 0 aliphatic carbocycles. The van der Waals surface area contributed by atoms with Crippen LogP contribution in [0, 0.1) is 6.26 Å². The summed E-state index contributed by atoms with van der Waals surface area (Å²) in [6.07, 6.45) is 4.25. The Kier molecular flexibility index (Phi) is 28.5. The zero-order valence-electron chi connectivity index (χ0n) is 19.6. The number of carbonyl (C=O) groups excluding carboxylic acids is 2. The normalized spacial score (nSPS) is 9.60. The molecule has 0 radical (unpaired) electrons. The average molecular weight is 581 g/mol. The third-order valence-corrected chi connectivity index (χ3v) is 4.43. The van der Waals surface area contributed by atoms with E-state index in [0.717, 1.165) is 30.1 Å².